The van der Waals surface area contributed by atoms with Crippen molar-refractivity contribution in [1.82, 2.24) is 0 Å². The summed E-state index contributed by atoms with van der Waals surface area (Å²) in [6.45, 7) is -6.30. The van der Waals surface area contributed by atoms with Gasteiger partial charge in [0.25, 0.3) is 5.91 Å². The van der Waals surface area contributed by atoms with Crippen LogP contribution in [0.15, 0.2) is 36.4 Å². The van der Waals surface area contributed by atoms with E-state index in [1.165, 1.54) is 12.1 Å². The number of rotatable bonds is 5. The van der Waals surface area contributed by atoms with Gasteiger partial charge in [-0.15, -0.1) is 0 Å². The van der Waals surface area contributed by atoms with Gasteiger partial charge in [-0.05, 0) is 30.3 Å². The summed E-state index contributed by atoms with van der Waals surface area (Å²) >= 11 is 5.87. The van der Waals surface area contributed by atoms with Crippen LogP contribution in [0.1, 0.15) is 11.1 Å². The molecule has 26 heavy (non-hydrogen) atoms. The highest BCUT2D eigenvalue weighted by atomic mass is 35.5. The van der Waals surface area contributed by atoms with E-state index >= 15 is 0 Å². The van der Waals surface area contributed by atoms with E-state index in [4.69, 9.17) is 11.6 Å². The molecule has 0 saturated carbocycles. The van der Waals surface area contributed by atoms with E-state index in [9.17, 15) is 22.4 Å². The second-order valence-corrected chi connectivity index (χ2v) is 5.60. The van der Waals surface area contributed by atoms with Crippen LogP contribution in [-0.2, 0) is 4.79 Å². The number of carbonyl (C=O) groups excluding carboxylic acids is 1. The molecule has 1 amide bonds. The lowest BCUT2D eigenvalue weighted by molar-refractivity contribution is -0.110. The molecule has 1 aliphatic heterocycles. The van der Waals surface area contributed by atoms with Crippen molar-refractivity contribution in [1.29, 1.82) is 0 Å². The first-order chi connectivity index (χ1) is 12.3. The van der Waals surface area contributed by atoms with Crippen molar-refractivity contribution in [2.24, 2.45) is 0 Å². The maximum Gasteiger partial charge on any atom is 0.387 e. The van der Waals surface area contributed by atoms with Crippen molar-refractivity contribution in [2.75, 3.05) is 5.32 Å². The standard InChI is InChI=1S/C17H10ClF4NO3/c18-9-2-4-11-12(15(24)23-13(11)6-9)5-8-1-3-10(25-16(19)20)7-14(8)26-17(21)22/h1-7,16-17H,(H,23,24)/b12-5-. The minimum Gasteiger partial charge on any atom is -0.435 e. The van der Waals surface area contributed by atoms with E-state index in [2.05, 4.69) is 14.8 Å². The van der Waals surface area contributed by atoms with Gasteiger partial charge in [0.2, 0.25) is 0 Å². The Hall–Kier alpha value is -2.74. The van der Waals surface area contributed by atoms with Crippen molar-refractivity contribution in [3.63, 3.8) is 0 Å². The molecule has 1 heterocycles. The molecular formula is C17H10ClF4NO3. The summed E-state index contributed by atoms with van der Waals surface area (Å²) in [4.78, 5) is 12.2. The Morgan fingerprint density at radius 2 is 1.73 bits per heavy atom. The fourth-order valence-corrected chi connectivity index (χ4v) is 2.65. The Kier molecular flexibility index (Phi) is 5.03. The first kappa shape index (κ1) is 18.1. The second-order valence-electron chi connectivity index (χ2n) is 5.16. The molecule has 1 aliphatic rings. The first-order valence-electron chi connectivity index (χ1n) is 7.20. The molecule has 2 aromatic rings. The maximum atomic E-state index is 12.6. The van der Waals surface area contributed by atoms with Gasteiger partial charge in [-0.2, -0.15) is 17.6 Å². The SMILES string of the molecule is O=C1Nc2cc(Cl)ccc2/C1=C/c1ccc(OC(F)F)cc1OC(F)F. The van der Waals surface area contributed by atoms with Crippen LogP contribution in [0.4, 0.5) is 23.2 Å². The summed E-state index contributed by atoms with van der Waals surface area (Å²) in [5.74, 6) is -1.21. The van der Waals surface area contributed by atoms with E-state index in [0.29, 0.717) is 16.3 Å². The van der Waals surface area contributed by atoms with Crippen LogP contribution in [0.25, 0.3) is 11.6 Å². The molecule has 4 nitrogen and oxygen atoms in total. The van der Waals surface area contributed by atoms with Gasteiger partial charge in [-0.25, -0.2) is 0 Å². The largest absolute Gasteiger partial charge is 0.435 e. The molecule has 9 heteroatoms. The lowest BCUT2D eigenvalue weighted by atomic mass is 10.0. The minimum atomic E-state index is -3.18. The van der Waals surface area contributed by atoms with Crippen LogP contribution in [0.3, 0.4) is 0 Å². The lowest BCUT2D eigenvalue weighted by Gasteiger charge is -2.11. The Morgan fingerprint density at radius 3 is 2.42 bits per heavy atom. The molecule has 0 unspecified atom stereocenters. The molecule has 2 aromatic carbocycles. The fraction of sp³-hybridized carbons (Fsp3) is 0.118. The van der Waals surface area contributed by atoms with Gasteiger partial charge in [-0.3, -0.25) is 4.79 Å². The predicted octanol–water partition coefficient (Wildman–Crippen LogP) is 5.04. The van der Waals surface area contributed by atoms with E-state index < -0.39 is 24.9 Å². The zero-order valence-electron chi connectivity index (χ0n) is 12.8. The smallest absolute Gasteiger partial charge is 0.387 e. The molecule has 0 saturated heterocycles. The van der Waals surface area contributed by atoms with Crippen LogP contribution in [0.5, 0.6) is 11.5 Å². The highest BCUT2D eigenvalue weighted by Gasteiger charge is 2.25. The summed E-state index contributed by atoms with van der Waals surface area (Å²) in [7, 11) is 0. The summed E-state index contributed by atoms with van der Waals surface area (Å²) in [5, 5.41) is 3.02. The van der Waals surface area contributed by atoms with E-state index in [1.807, 2.05) is 0 Å². The number of hydrogen-bond acceptors (Lipinski definition) is 3. The fourth-order valence-electron chi connectivity index (χ4n) is 2.47. The molecule has 0 fully saturated rings. The van der Waals surface area contributed by atoms with Crippen molar-refractivity contribution in [3.8, 4) is 11.5 Å². The van der Waals surface area contributed by atoms with E-state index in [0.717, 1.165) is 12.1 Å². The molecular weight excluding hydrogens is 378 g/mol. The third-order valence-electron chi connectivity index (χ3n) is 3.49. The van der Waals surface area contributed by atoms with Gasteiger partial charge < -0.3 is 14.8 Å². The van der Waals surface area contributed by atoms with Crippen molar-refractivity contribution in [3.05, 3.63) is 52.5 Å². The molecule has 0 bridgehead atoms. The Labute approximate surface area is 150 Å². The topological polar surface area (TPSA) is 47.6 Å². The summed E-state index contributed by atoms with van der Waals surface area (Å²) < 4.78 is 58.4. The molecule has 3 rings (SSSR count). The van der Waals surface area contributed by atoms with Gasteiger partial charge in [-0.1, -0.05) is 17.7 Å². The number of hydrogen-bond donors (Lipinski definition) is 1. The van der Waals surface area contributed by atoms with E-state index in [1.54, 1.807) is 18.2 Å². The van der Waals surface area contributed by atoms with Crippen LogP contribution >= 0.6 is 11.6 Å². The second kappa shape index (κ2) is 7.25. The number of fused-ring (bicyclic) bond motifs is 1. The molecule has 0 aliphatic carbocycles. The summed E-state index contributed by atoms with van der Waals surface area (Å²) in [6, 6.07) is 8.02. The molecule has 0 aromatic heterocycles. The van der Waals surface area contributed by atoms with Crippen LogP contribution in [0.2, 0.25) is 5.02 Å². The lowest BCUT2D eigenvalue weighted by Crippen LogP contribution is -2.06. The summed E-state index contributed by atoms with van der Waals surface area (Å²) in [6.07, 6.45) is 1.32. The molecule has 1 N–H and O–H groups in total. The normalized spacial score (nSPS) is 14.7. The maximum absolute atomic E-state index is 12.6. The van der Waals surface area contributed by atoms with Gasteiger partial charge in [0.15, 0.2) is 0 Å². The van der Waals surface area contributed by atoms with Crippen LogP contribution in [-0.4, -0.2) is 19.1 Å². The number of anilines is 1. The van der Waals surface area contributed by atoms with Gasteiger partial charge >= 0.3 is 13.2 Å². The highest BCUT2D eigenvalue weighted by molar-refractivity contribution is 6.36. The minimum absolute atomic E-state index is 0.0971. The quantitative estimate of drug-likeness (QED) is 0.578. The third kappa shape index (κ3) is 3.91. The average Bonchev–Trinajstić information content (AvgIpc) is 2.83. The van der Waals surface area contributed by atoms with Crippen LogP contribution < -0.4 is 14.8 Å². The number of benzene rings is 2. The Morgan fingerprint density at radius 1 is 1.00 bits per heavy atom. The van der Waals surface area contributed by atoms with Crippen molar-refractivity contribution >= 4 is 34.8 Å². The Balaban J connectivity index is 2.03. The van der Waals surface area contributed by atoms with E-state index in [-0.39, 0.29) is 16.9 Å². The van der Waals surface area contributed by atoms with Gasteiger partial charge in [0, 0.05) is 27.8 Å². The number of ether oxygens (including phenoxy) is 2. The van der Waals surface area contributed by atoms with Gasteiger partial charge in [0.05, 0.1) is 5.69 Å². The number of nitrogens with one attached hydrogen (secondary N) is 1. The Bertz CT molecular complexity index is 886. The van der Waals surface area contributed by atoms with Crippen molar-refractivity contribution < 1.29 is 31.8 Å². The van der Waals surface area contributed by atoms with Crippen LogP contribution in [0, 0.1) is 0 Å². The van der Waals surface area contributed by atoms with Crippen molar-refractivity contribution in [2.45, 2.75) is 13.2 Å². The predicted molar refractivity (Wildman–Crippen MR) is 87.7 cm³/mol. The third-order valence-corrected chi connectivity index (χ3v) is 3.73. The van der Waals surface area contributed by atoms with Gasteiger partial charge in [0.1, 0.15) is 11.5 Å². The number of carbonyl (C=O) groups is 1. The number of amides is 1. The zero-order chi connectivity index (χ0) is 18.8. The number of halogens is 5. The molecule has 0 spiro atoms. The molecule has 136 valence electrons. The highest BCUT2D eigenvalue weighted by Crippen LogP contribution is 2.37. The number of alkyl halides is 4. The first-order valence-corrected chi connectivity index (χ1v) is 7.58. The molecule has 0 atom stereocenters. The molecule has 0 radical (unpaired) electrons. The monoisotopic (exact) mass is 387 g/mol. The average molecular weight is 388 g/mol. The zero-order valence-corrected chi connectivity index (χ0v) is 13.6. The summed E-state index contributed by atoms with van der Waals surface area (Å²) in [5.41, 5.74) is 1.29.